The number of aryl methyl sites for hydroxylation is 1. The number of amides is 2. The molecule has 0 saturated carbocycles. The van der Waals surface area contributed by atoms with E-state index in [4.69, 9.17) is 20.6 Å². The van der Waals surface area contributed by atoms with E-state index in [2.05, 4.69) is 37.7 Å². The predicted octanol–water partition coefficient (Wildman–Crippen LogP) is 3.84. The predicted molar refractivity (Wildman–Crippen MR) is 156 cm³/mol. The molecule has 1 aliphatic heterocycles. The zero-order chi connectivity index (χ0) is 29.2. The van der Waals surface area contributed by atoms with Gasteiger partial charge in [0.2, 0.25) is 0 Å². The zero-order valence-corrected chi connectivity index (χ0v) is 28.3. The number of carbonyl (C=O) groups excluding carboxylic acids is 2. The molecule has 0 saturated heterocycles. The number of nitrogens with one attached hydrogen (secondary N) is 3. The summed E-state index contributed by atoms with van der Waals surface area (Å²) < 4.78 is 11.9. The Kier molecular flexibility index (Phi) is 15.3. The Morgan fingerprint density at radius 1 is 1.25 bits per heavy atom. The van der Waals surface area contributed by atoms with Gasteiger partial charge in [-0.3, -0.25) is 4.79 Å². The second kappa shape index (κ2) is 17.0. The van der Waals surface area contributed by atoms with Crippen molar-refractivity contribution in [3.8, 4) is 11.5 Å². The van der Waals surface area contributed by atoms with Gasteiger partial charge in [0.1, 0.15) is 17.1 Å². The monoisotopic (exact) mass is 574 g/mol. The third-order valence-corrected chi connectivity index (χ3v) is 6.32. The van der Waals surface area contributed by atoms with Gasteiger partial charge in [0, 0.05) is 41.5 Å². The number of fused-ring (bicyclic) bond motifs is 1. The fourth-order valence-corrected chi connectivity index (χ4v) is 4.54. The minimum atomic E-state index is -0.675. The minimum Gasteiger partial charge on any atom is -0.494 e. The minimum absolute atomic E-state index is 0. The zero-order valence-electron chi connectivity index (χ0n) is 25.1. The van der Waals surface area contributed by atoms with Gasteiger partial charge >= 0.3 is 51.4 Å². The SMILES string of the molecule is CC.[CH2-]C(=O)N(Cc1cc(C(=O)NC2CC(C)(C)Oc3ccc(CCC[CH-]C)cc32)ccc1OCC)C(=N)[NH-].[K+]. The summed E-state index contributed by atoms with van der Waals surface area (Å²) in [5, 5.41) is 10.8. The topological polar surface area (TPSA) is 116 Å². The van der Waals surface area contributed by atoms with Crippen molar-refractivity contribution in [2.45, 2.75) is 85.4 Å². The molecule has 9 heteroatoms. The summed E-state index contributed by atoms with van der Waals surface area (Å²) >= 11 is 0. The molecule has 2 aromatic carbocycles. The van der Waals surface area contributed by atoms with Crippen LogP contribution in [0.5, 0.6) is 11.5 Å². The maximum absolute atomic E-state index is 13.4. The van der Waals surface area contributed by atoms with Gasteiger partial charge in [0.05, 0.1) is 12.6 Å². The first-order valence-electron chi connectivity index (χ1n) is 13.6. The summed E-state index contributed by atoms with van der Waals surface area (Å²) in [6.45, 7) is 15.5. The van der Waals surface area contributed by atoms with E-state index in [0.29, 0.717) is 29.9 Å². The number of benzene rings is 2. The van der Waals surface area contributed by atoms with Gasteiger partial charge < -0.3 is 49.0 Å². The van der Waals surface area contributed by atoms with Crippen LogP contribution < -0.4 is 66.2 Å². The van der Waals surface area contributed by atoms with E-state index in [0.717, 1.165) is 35.5 Å². The van der Waals surface area contributed by atoms with Crippen LogP contribution >= 0.6 is 0 Å². The van der Waals surface area contributed by atoms with Gasteiger partial charge in [-0.1, -0.05) is 32.4 Å². The average molecular weight is 575 g/mol. The smallest absolute Gasteiger partial charge is 0.494 e. The van der Waals surface area contributed by atoms with E-state index in [1.165, 1.54) is 5.56 Å². The number of rotatable bonds is 10. The van der Waals surface area contributed by atoms with Gasteiger partial charge in [-0.05, 0) is 57.0 Å². The molecule has 0 aliphatic carbocycles. The molecule has 3 N–H and O–H groups in total. The Labute approximate surface area is 282 Å². The van der Waals surface area contributed by atoms with E-state index >= 15 is 0 Å². The molecular formula is C31H43KN4O4-2. The molecule has 0 aromatic heterocycles. The van der Waals surface area contributed by atoms with E-state index in [-0.39, 0.29) is 69.9 Å². The number of nitrogens with zero attached hydrogens (tertiary/aromatic N) is 1. The molecule has 3 rings (SSSR count). The molecule has 214 valence electrons. The summed E-state index contributed by atoms with van der Waals surface area (Å²) in [5.74, 6) is -0.356. The summed E-state index contributed by atoms with van der Waals surface area (Å²) in [7, 11) is 0. The Morgan fingerprint density at radius 3 is 2.55 bits per heavy atom. The van der Waals surface area contributed by atoms with E-state index in [9.17, 15) is 9.59 Å². The van der Waals surface area contributed by atoms with Crippen LogP contribution in [0.2, 0.25) is 0 Å². The number of unbranched alkanes of at least 4 members (excludes halogenated alkanes) is 2. The van der Waals surface area contributed by atoms with Gasteiger partial charge in [-0.15, -0.1) is 0 Å². The van der Waals surface area contributed by atoms with Crippen molar-refractivity contribution < 1.29 is 70.4 Å². The third-order valence-electron chi connectivity index (χ3n) is 6.32. The molecule has 2 aromatic rings. The number of ether oxygens (including phenoxy) is 2. The summed E-state index contributed by atoms with van der Waals surface area (Å²) in [5.41, 5.74) is 10.2. The summed E-state index contributed by atoms with van der Waals surface area (Å²) in [6, 6.07) is 11.0. The molecule has 0 fully saturated rings. The van der Waals surface area contributed by atoms with Crippen LogP contribution in [0.4, 0.5) is 0 Å². The summed E-state index contributed by atoms with van der Waals surface area (Å²) in [4.78, 5) is 26.2. The van der Waals surface area contributed by atoms with Crippen molar-refractivity contribution in [2.24, 2.45) is 0 Å². The van der Waals surface area contributed by atoms with Crippen molar-refractivity contribution in [3.05, 3.63) is 77.7 Å². The first kappa shape index (κ1) is 36.0. The summed E-state index contributed by atoms with van der Waals surface area (Å²) in [6.07, 6.45) is 5.85. The van der Waals surface area contributed by atoms with Crippen LogP contribution in [0.25, 0.3) is 5.73 Å². The maximum atomic E-state index is 13.4. The van der Waals surface area contributed by atoms with Crippen molar-refractivity contribution >= 4 is 17.8 Å². The molecule has 1 aliphatic rings. The Morgan fingerprint density at radius 2 is 1.95 bits per heavy atom. The first-order valence-corrected chi connectivity index (χ1v) is 13.6. The molecule has 1 heterocycles. The van der Waals surface area contributed by atoms with Gasteiger partial charge in [0.15, 0.2) is 0 Å². The van der Waals surface area contributed by atoms with Crippen LogP contribution in [0.3, 0.4) is 0 Å². The average Bonchev–Trinajstić information content (AvgIpc) is 2.88. The van der Waals surface area contributed by atoms with Gasteiger partial charge in [-0.2, -0.15) is 13.3 Å². The Balaban J connectivity index is 0.00000261. The van der Waals surface area contributed by atoms with E-state index < -0.39 is 17.5 Å². The van der Waals surface area contributed by atoms with Crippen molar-refractivity contribution in [2.75, 3.05) is 6.61 Å². The molecule has 0 spiro atoms. The molecular weight excluding hydrogens is 531 g/mol. The Bertz CT molecular complexity index is 1140. The fraction of sp³-hybridized carbons (Fsp3) is 0.452. The number of hydrogen-bond acceptors (Lipinski definition) is 5. The maximum Gasteiger partial charge on any atom is 1.00 e. The standard InChI is InChI=1S/C29H38N4O4.C2H6.K/c1-6-8-9-10-20-11-13-26-23(15-20)24(17-29(4,5)37-26)32-27(35)21-12-14-25(36-7-2)22(16-21)18-33(19(3)34)28(30)31;1-2;/h6,11-16,24H,3,7-10,17-18H2,1-2,4-5H3,(H4,30,31,32,35);1-2H3;/q-2;;+1/p-1. The fourth-order valence-electron chi connectivity index (χ4n) is 4.54. The number of carbonyl (C=O) groups is 2. The number of guanidine groups is 1. The molecule has 0 bridgehead atoms. The molecule has 1 atom stereocenters. The second-order valence-electron chi connectivity index (χ2n) is 9.85. The molecule has 2 amide bonds. The van der Waals surface area contributed by atoms with Gasteiger partial charge in [-0.25, -0.2) is 0 Å². The van der Waals surface area contributed by atoms with Crippen LogP contribution in [0, 0.1) is 18.8 Å². The van der Waals surface area contributed by atoms with Crippen LogP contribution in [0.15, 0.2) is 36.4 Å². The molecule has 0 radical (unpaired) electrons. The van der Waals surface area contributed by atoms with Gasteiger partial charge in [0.25, 0.3) is 5.91 Å². The van der Waals surface area contributed by atoms with Crippen molar-refractivity contribution in [1.29, 1.82) is 5.41 Å². The van der Waals surface area contributed by atoms with Crippen LogP contribution in [0.1, 0.15) is 93.9 Å². The first-order chi connectivity index (χ1) is 18.5. The molecule has 40 heavy (non-hydrogen) atoms. The van der Waals surface area contributed by atoms with Crippen LogP contribution in [-0.2, 0) is 17.8 Å². The largest absolute Gasteiger partial charge is 1.00 e. The Hall–Kier alpha value is -2.04. The van der Waals surface area contributed by atoms with Crippen molar-refractivity contribution in [1.82, 2.24) is 10.2 Å². The molecule has 1 unspecified atom stereocenters. The number of hydrogen-bond donors (Lipinski definition) is 2. The van der Waals surface area contributed by atoms with E-state index in [1.807, 2.05) is 40.7 Å². The quantitative estimate of drug-likeness (QED) is 0.147. The van der Waals surface area contributed by atoms with Crippen molar-refractivity contribution in [3.63, 3.8) is 0 Å². The molecule has 8 nitrogen and oxygen atoms in total. The van der Waals surface area contributed by atoms with Crippen LogP contribution in [-0.4, -0.2) is 34.9 Å². The van der Waals surface area contributed by atoms with E-state index in [1.54, 1.807) is 18.2 Å². The second-order valence-corrected chi connectivity index (χ2v) is 9.85. The normalized spacial score (nSPS) is 14.7. The third kappa shape index (κ3) is 10.1.